The standard InChI is InChI=1S/C39H33N3O4S/c1-46-32-22-18-27(19-23-32)24-34(41-38(44)30-12-3-2-4-13-30)39(45)40-31-14-9-15-33(25-31)47-26-37(43)42-35-16-7-5-10-28(35)20-21-29-11-6-8-17-36(29)42/h2-19,22-25H,20-21,26H2,1H3,(H,40,45)(H,41,44)/b34-24-. The summed E-state index contributed by atoms with van der Waals surface area (Å²) in [6.07, 6.45) is 3.35. The molecule has 8 heteroatoms. The van der Waals surface area contributed by atoms with Gasteiger partial charge in [0, 0.05) is 16.1 Å². The molecule has 47 heavy (non-hydrogen) atoms. The van der Waals surface area contributed by atoms with Gasteiger partial charge < -0.3 is 15.4 Å². The van der Waals surface area contributed by atoms with E-state index in [4.69, 9.17) is 4.74 Å². The van der Waals surface area contributed by atoms with Crippen LogP contribution in [0.4, 0.5) is 17.1 Å². The van der Waals surface area contributed by atoms with E-state index < -0.39 is 11.8 Å². The number of amides is 3. The first kappa shape index (κ1) is 31.4. The minimum absolute atomic E-state index is 0.0282. The number of fused-ring (bicyclic) bond motifs is 2. The van der Waals surface area contributed by atoms with Crippen LogP contribution >= 0.6 is 11.8 Å². The summed E-state index contributed by atoms with van der Waals surface area (Å²) in [4.78, 5) is 43.1. The average Bonchev–Trinajstić information content (AvgIpc) is 3.28. The summed E-state index contributed by atoms with van der Waals surface area (Å²) >= 11 is 1.40. The monoisotopic (exact) mass is 639 g/mol. The molecule has 0 aromatic heterocycles. The first-order chi connectivity index (χ1) is 23.0. The second-order valence-corrected chi connectivity index (χ2v) is 12.0. The first-order valence-corrected chi connectivity index (χ1v) is 16.2. The van der Waals surface area contributed by atoms with E-state index in [1.807, 2.05) is 65.6 Å². The number of ether oxygens (including phenoxy) is 1. The number of nitrogens with zero attached hydrogens (tertiary/aromatic N) is 1. The molecule has 7 nitrogen and oxygen atoms in total. The summed E-state index contributed by atoms with van der Waals surface area (Å²) in [5.74, 6) is -0.0327. The zero-order chi connectivity index (χ0) is 32.6. The average molecular weight is 640 g/mol. The molecule has 0 saturated carbocycles. The molecule has 3 amide bonds. The number of benzene rings is 5. The summed E-state index contributed by atoms with van der Waals surface area (Å²) < 4.78 is 5.24. The van der Waals surface area contributed by atoms with Crippen molar-refractivity contribution in [2.24, 2.45) is 0 Å². The van der Waals surface area contributed by atoms with E-state index >= 15 is 0 Å². The SMILES string of the molecule is COc1ccc(/C=C(\NC(=O)c2ccccc2)C(=O)Nc2cccc(SCC(=O)N3c4ccccc4CCc4ccccc43)c2)cc1. The highest BCUT2D eigenvalue weighted by Gasteiger charge is 2.25. The van der Waals surface area contributed by atoms with Crippen LogP contribution in [-0.4, -0.2) is 30.6 Å². The summed E-state index contributed by atoms with van der Waals surface area (Å²) in [5.41, 5.74) is 5.87. The van der Waals surface area contributed by atoms with Crippen LogP contribution < -0.4 is 20.3 Å². The van der Waals surface area contributed by atoms with Gasteiger partial charge in [0.2, 0.25) is 5.91 Å². The van der Waals surface area contributed by atoms with Gasteiger partial charge in [-0.05, 0) is 90.2 Å². The molecule has 0 spiro atoms. The Morgan fingerprint density at radius 2 is 1.40 bits per heavy atom. The molecule has 234 valence electrons. The van der Waals surface area contributed by atoms with Crippen LogP contribution in [0.15, 0.2) is 138 Å². The molecular formula is C39H33N3O4S. The quantitative estimate of drug-likeness (QED) is 0.128. The normalized spacial score (nSPS) is 12.3. The van der Waals surface area contributed by atoms with Crippen molar-refractivity contribution in [3.63, 3.8) is 0 Å². The van der Waals surface area contributed by atoms with Gasteiger partial charge in [0.1, 0.15) is 11.4 Å². The van der Waals surface area contributed by atoms with Crippen molar-refractivity contribution < 1.29 is 19.1 Å². The lowest BCUT2D eigenvalue weighted by Gasteiger charge is -2.25. The zero-order valence-corrected chi connectivity index (χ0v) is 26.6. The summed E-state index contributed by atoms with van der Waals surface area (Å²) in [6.45, 7) is 0. The minimum atomic E-state index is -0.485. The van der Waals surface area contributed by atoms with Crippen molar-refractivity contribution in [2.45, 2.75) is 17.7 Å². The summed E-state index contributed by atoms with van der Waals surface area (Å²) in [7, 11) is 1.58. The number of rotatable bonds is 9. The van der Waals surface area contributed by atoms with Gasteiger partial charge in [-0.15, -0.1) is 11.8 Å². The summed E-state index contributed by atoms with van der Waals surface area (Å²) in [5, 5.41) is 5.68. The minimum Gasteiger partial charge on any atom is -0.497 e. The second-order valence-electron chi connectivity index (χ2n) is 10.9. The highest BCUT2D eigenvalue weighted by atomic mass is 32.2. The van der Waals surface area contributed by atoms with E-state index in [-0.39, 0.29) is 17.4 Å². The van der Waals surface area contributed by atoms with Crippen LogP contribution in [0.1, 0.15) is 27.0 Å². The topological polar surface area (TPSA) is 87.7 Å². The number of hydrogen-bond acceptors (Lipinski definition) is 5. The lowest BCUT2D eigenvalue weighted by Crippen LogP contribution is -2.30. The van der Waals surface area contributed by atoms with Crippen LogP contribution in [0.2, 0.25) is 0 Å². The van der Waals surface area contributed by atoms with E-state index in [0.717, 1.165) is 40.2 Å². The molecule has 0 radical (unpaired) electrons. The van der Waals surface area contributed by atoms with Crippen LogP contribution in [0, 0.1) is 0 Å². The molecule has 0 saturated heterocycles. The third-order valence-corrected chi connectivity index (χ3v) is 8.77. The Morgan fingerprint density at radius 1 is 0.766 bits per heavy atom. The number of carbonyl (C=O) groups excluding carboxylic acids is 3. The Bertz CT molecular complexity index is 1890. The molecule has 0 unspecified atom stereocenters. The first-order valence-electron chi connectivity index (χ1n) is 15.2. The molecule has 2 N–H and O–H groups in total. The number of anilines is 3. The molecule has 0 bridgehead atoms. The van der Waals surface area contributed by atoms with Crippen molar-refractivity contribution in [3.8, 4) is 5.75 Å². The van der Waals surface area contributed by atoms with Gasteiger partial charge in [-0.25, -0.2) is 0 Å². The van der Waals surface area contributed by atoms with Crippen molar-refractivity contribution >= 4 is 52.6 Å². The van der Waals surface area contributed by atoms with Gasteiger partial charge in [-0.2, -0.15) is 0 Å². The van der Waals surface area contributed by atoms with Gasteiger partial charge in [0.25, 0.3) is 11.8 Å². The number of carbonyl (C=O) groups is 3. The van der Waals surface area contributed by atoms with Crippen LogP contribution in [0.25, 0.3) is 6.08 Å². The molecule has 6 rings (SSSR count). The van der Waals surface area contributed by atoms with E-state index in [0.29, 0.717) is 22.6 Å². The van der Waals surface area contributed by atoms with Gasteiger partial charge in [0.05, 0.1) is 24.2 Å². The smallest absolute Gasteiger partial charge is 0.272 e. The lowest BCUT2D eigenvalue weighted by molar-refractivity contribution is -0.115. The molecule has 0 aliphatic carbocycles. The van der Waals surface area contributed by atoms with Crippen molar-refractivity contribution in [2.75, 3.05) is 23.1 Å². The molecule has 5 aromatic carbocycles. The summed E-state index contributed by atoms with van der Waals surface area (Å²) in [6, 6.07) is 39.3. The fourth-order valence-corrected chi connectivity index (χ4v) is 6.23. The largest absolute Gasteiger partial charge is 0.497 e. The number of methoxy groups -OCH3 is 1. The van der Waals surface area contributed by atoms with Crippen LogP contribution in [-0.2, 0) is 22.4 Å². The Morgan fingerprint density at radius 3 is 2.06 bits per heavy atom. The third-order valence-electron chi connectivity index (χ3n) is 7.79. The molecule has 1 aliphatic rings. The fourth-order valence-electron chi connectivity index (χ4n) is 5.43. The highest BCUT2D eigenvalue weighted by Crippen LogP contribution is 2.37. The molecule has 1 aliphatic heterocycles. The maximum Gasteiger partial charge on any atom is 0.272 e. The third kappa shape index (κ3) is 7.62. The molecule has 0 atom stereocenters. The number of thioether (sulfide) groups is 1. The Kier molecular flexibility index (Phi) is 9.79. The van der Waals surface area contributed by atoms with Crippen LogP contribution in [0.5, 0.6) is 5.75 Å². The van der Waals surface area contributed by atoms with Crippen molar-refractivity contribution in [3.05, 3.63) is 155 Å². The lowest BCUT2D eigenvalue weighted by atomic mass is 10.0. The van der Waals surface area contributed by atoms with E-state index in [1.165, 1.54) is 11.8 Å². The molecule has 5 aromatic rings. The number of nitrogens with one attached hydrogen (secondary N) is 2. The van der Waals surface area contributed by atoms with Crippen LogP contribution in [0.3, 0.4) is 0 Å². The van der Waals surface area contributed by atoms with Gasteiger partial charge in [-0.1, -0.05) is 72.8 Å². The van der Waals surface area contributed by atoms with Crippen molar-refractivity contribution in [1.29, 1.82) is 0 Å². The number of para-hydroxylation sites is 2. The number of aryl methyl sites for hydroxylation is 2. The van der Waals surface area contributed by atoms with E-state index in [1.54, 1.807) is 67.8 Å². The Balaban J connectivity index is 1.19. The Hall–Kier alpha value is -5.60. The van der Waals surface area contributed by atoms with Gasteiger partial charge in [-0.3, -0.25) is 19.3 Å². The van der Waals surface area contributed by atoms with E-state index in [2.05, 4.69) is 22.8 Å². The van der Waals surface area contributed by atoms with Gasteiger partial charge >= 0.3 is 0 Å². The fraction of sp³-hybridized carbons (Fsp3) is 0.103. The maximum atomic E-state index is 13.8. The predicted molar refractivity (Wildman–Crippen MR) is 188 cm³/mol. The molecule has 0 fully saturated rings. The Labute approximate surface area is 278 Å². The number of hydrogen-bond donors (Lipinski definition) is 2. The van der Waals surface area contributed by atoms with Crippen molar-refractivity contribution in [1.82, 2.24) is 5.32 Å². The van der Waals surface area contributed by atoms with E-state index in [9.17, 15) is 14.4 Å². The molecule has 1 heterocycles. The zero-order valence-electron chi connectivity index (χ0n) is 25.8. The van der Waals surface area contributed by atoms with Gasteiger partial charge in [0.15, 0.2) is 0 Å². The molecular weight excluding hydrogens is 607 g/mol. The second kappa shape index (κ2) is 14.7. The maximum absolute atomic E-state index is 13.8. The predicted octanol–water partition coefficient (Wildman–Crippen LogP) is 7.66. The highest BCUT2D eigenvalue weighted by molar-refractivity contribution is 8.00.